The van der Waals surface area contributed by atoms with Crippen molar-refractivity contribution in [3.05, 3.63) is 59.2 Å². The molecule has 0 radical (unpaired) electrons. The molecule has 2 heteroatoms. The highest BCUT2D eigenvalue weighted by Gasteiger charge is 2.15. The van der Waals surface area contributed by atoms with E-state index < -0.39 is 0 Å². The van der Waals surface area contributed by atoms with E-state index in [9.17, 15) is 0 Å². The lowest BCUT2D eigenvalue weighted by molar-refractivity contribution is 0.477. The van der Waals surface area contributed by atoms with Crippen LogP contribution in [0.3, 0.4) is 0 Å². The summed E-state index contributed by atoms with van der Waals surface area (Å²) in [5.41, 5.74) is 9.60. The van der Waals surface area contributed by atoms with Gasteiger partial charge < -0.3 is 10.5 Å². The Kier molecular flexibility index (Phi) is 4.38. The van der Waals surface area contributed by atoms with Crippen LogP contribution in [-0.4, -0.2) is 0 Å². The van der Waals surface area contributed by atoms with E-state index >= 15 is 0 Å². The first-order valence-corrected chi connectivity index (χ1v) is 7.42. The molecule has 2 nitrogen and oxygen atoms in total. The smallest absolute Gasteiger partial charge is 0.130 e. The standard InChI is InChI=1S/C19H25NO/c1-13-12-16(19(3,4)5)8-11-18(13)21-17-9-6-15(7-10-17)14(2)20/h6-12,14H,20H2,1-5H3/t14-/m0/s1. The molecule has 2 aromatic rings. The number of rotatable bonds is 3. The molecule has 0 saturated carbocycles. The molecule has 112 valence electrons. The highest BCUT2D eigenvalue weighted by Crippen LogP contribution is 2.30. The third kappa shape index (κ3) is 3.85. The van der Waals surface area contributed by atoms with Gasteiger partial charge in [-0.05, 0) is 54.2 Å². The van der Waals surface area contributed by atoms with Crippen LogP contribution in [-0.2, 0) is 5.41 Å². The first-order chi connectivity index (χ1) is 9.77. The number of aryl methyl sites for hydroxylation is 1. The van der Waals surface area contributed by atoms with Crippen LogP contribution in [0.4, 0.5) is 0 Å². The fourth-order valence-electron chi connectivity index (χ4n) is 2.20. The van der Waals surface area contributed by atoms with Gasteiger partial charge in [0.15, 0.2) is 0 Å². The third-order valence-corrected chi connectivity index (χ3v) is 3.67. The Bertz CT molecular complexity index is 606. The average molecular weight is 283 g/mol. The minimum atomic E-state index is 0.0480. The van der Waals surface area contributed by atoms with E-state index in [1.54, 1.807) is 0 Å². The van der Waals surface area contributed by atoms with Crippen LogP contribution in [0.25, 0.3) is 0 Å². The Morgan fingerprint density at radius 1 is 1.00 bits per heavy atom. The molecule has 0 amide bonds. The monoisotopic (exact) mass is 283 g/mol. The van der Waals surface area contributed by atoms with Crippen LogP contribution in [0.1, 0.15) is 50.4 Å². The lowest BCUT2D eigenvalue weighted by Gasteiger charge is -2.20. The fraction of sp³-hybridized carbons (Fsp3) is 0.368. The molecule has 0 aliphatic carbocycles. The summed E-state index contributed by atoms with van der Waals surface area (Å²) in [6.07, 6.45) is 0. The van der Waals surface area contributed by atoms with E-state index in [0.717, 1.165) is 22.6 Å². The Morgan fingerprint density at radius 2 is 1.62 bits per heavy atom. The first kappa shape index (κ1) is 15.6. The van der Waals surface area contributed by atoms with Crippen LogP contribution in [0.2, 0.25) is 0 Å². The summed E-state index contributed by atoms with van der Waals surface area (Å²) < 4.78 is 5.97. The zero-order chi connectivity index (χ0) is 15.6. The van der Waals surface area contributed by atoms with Gasteiger partial charge in [0.25, 0.3) is 0 Å². The molecule has 0 spiro atoms. The second kappa shape index (κ2) is 5.90. The number of hydrogen-bond donors (Lipinski definition) is 1. The SMILES string of the molecule is Cc1cc(C(C)(C)C)ccc1Oc1ccc([C@H](C)N)cc1. The molecular weight excluding hydrogens is 258 g/mol. The minimum Gasteiger partial charge on any atom is -0.457 e. The Labute approximate surface area is 127 Å². The molecule has 0 fully saturated rings. The van der Waals surface area contributed by atoms with E-state index in [0.29, 0.717) is 0 Å². The summed E-state index contributed by atoms with van der Waals surface area (Å²) in [7, 11) is 0. The second-order valence-electron chi connectivity index (χ2n) is 6.69. The second-order valence-corrected chi connectivity index (χ2v) is 6.69. The van der Waals surface area contributed by atoms with Crippen molar-refractivity contribution < 1.29 is 4.74 Å². The van der Waals surface area contributed by atoms with E-state index in [1.165, 1.54) is 5.56 Å². The van der Waals surface area contributed by atoms with Crippen LogP contribution in [0, 0.1) is 6.92 Å². The van der Waals surface area contributed by atoms with Gasteiger partial charge in [0.1, 0.15) is 11.5 Å². The van der Waals surface area contributed by atoms with Crippen molar-refractivity contribution in [2.24, 2.45) is 5.73 Å². The topological polar surface area (TPSA) is 35.2 Å². The van der Waals surface area contributed by atoms with Gasteiger partial charge in [-0.15, -0.1) is 0 Å². The third-order valence-electron chi connectivity index (χ3n) is 3.67. The zero-order valence-corrected chi connectivity index (χ0v) is 13.6. The average Bonchev–Trinajstić information content (AvgIpc) is 2.40. The van der Waals surface area contributed by atoms with Crippen molar-refractivity contribution in [3.8, 4) is 11.5 Å². The summed E-state index contributed by atoms with van der Waals surface area (Å²) in [4.78, 5) is 0. The maximum Gasteiger partial charge on any atom is 0.130 e. The van der Waals surface area contributed by atoms with Crippen molar-refractivity contribution in [3.63, 3.8) is 0 Å². The van der Waals surface area contributed by atoms with Crippen molar-refractivity contribution in [2.45, 2.75) is 46.1 Å². The fourth-order valence-corrected chi connectivity index (χ4v) is 2.20. The summed E-state index contributed by atoms with van der Waals surface area (Å²) in [6.45, 7) is 10.7. The molecule has 1 atom stereocenters. The molecule has 0 heterocycles. The molecule has 0 aliphatic heterocycles. The maximum absolute atomic E-state index is 5.97. The first-order valence-electron chi connectivity index (χ1n) is 7.42. The van der Waals surface area contributed by atoms with Gasteiger partial charge in [-0.2, -0.15) is 0 Å². The highest BCUT2D eigenvalue weighted by molar-refractivity contribution is 5.42. The summed E-state index contributed by atoms with van der Waals surface area (Å²) in [5, 5.41) is 0. The van der Waals surface area contributed by atoms with Gasteiger partial charge in [-0.1, -0.05) is 45.0 Å². The Morgan fingerprint density at radius 3 is 2.10 bits per heavy atom. The minimum absolute atomic E-state index is 0.0480. The highest BCUT2D eigenvalue weighted by atomic mass is 16.5. The molecule has 2 aromatic carbocycles. The lowest BCUT2D eigenvalue weighted by Crippen LogP contribution is -2.11. The van der Waals surface area contributed by atoms with Gasteiger partial charge in [0.05, 0.1) is 0 Å². The number of benzene rings is 2. The van der Waals surface area contributed by atoms with Gasteiger partial charge >= 0.3 is 0 Å². The van der Waals surface area contributed by atoms with E-state index in [-0.39, 0.29) is 11.5 Å². The Hall–Kier alpha value is -1.80. The van der Waals surface area contributed by atoms with Crippen molar-refractivity contribution in [2.75, 3.05) is 0 Å². The van der Waals surface area contributed by atoms with E-state index in [1.807, 2.05) is 31.2 Å². The lowest BCUT2D eigenvalue weighted by atomic mass is 9.86. The van der Waals surface area contributed by atoms with E-state index in [2.05, 4.69) is 45.9 Å². The number of nitrogens with two attached hydrogens (primary N) is 1. The van der Waals surface area contributed by atoms with Gasteiger partial charge in [0.2, 0.25) is 0 Å². The molecule has 0 aliphatic rings. The molecule has 2 N–H and O–H groups in total. The zero-order valence-electron chi connectivity index (χ0n) is 13.6. The molecular formula is C19H25NO. The summed E-state index contributed by atoms with van der Waals surface area (Å²) in [5.74, 6) is 1.74. The van der Waals surface area contributed by atoms with Gasteiger partial charge in [0, 0.05) is 6.04 Å². The van der Waals surface area contributed by atoms with Gasteiger partial charge in [-0.25, -0.2) is 0 Å². The molecule has 21 heavy (non-hydrogen) atoms. The molecule has 2 rings (SSSR count). The van der Waals surface area contributed by atoms with Crippen LogP contribution in [0.5, 0.6) is 11.5 Å². The summed E-state index contributed by atoms with van der Waals surface area (Å²) >= 11 is 0. The molecule has 0 aromatic heterocycles. The maximum atomic E-state index is 5.97. The van der Waals surface area contributed by atoms with Crippen LogP contribution < -0.4 is 10.5 Å². The van der Waals surface area contributed by atoms with Crippen LogP contribution >= 0.6 is 0 Å². The predicted octanol–water partition coefficient (Wildman–Crippen LogP) is 5.10. The molecule has 0 bridgehead atoms. The quantitative estimate of drug-likeness (QED) is 0.850. The predicted molar refractivity (Wildman–Crippen MR) is 89.0 cm³/mol. The summed E-state index contributed by atoms with van der Waals surface area (Å²) in [6, 6.07) is 14.4. The largest absolute Gasteiger partial charge is 0.457 e. The van der Waals surface area contributed by atoms with Crippen molar-refractivity contribution in [1.29, 1.82) is 0 Å². The molecule has 0 unspecified atom stereocenters. The van der Waals surface area contributed by atoms with Crippen molar-refractivity contribution >= 4 is 0 Å². The van der Waals surface area contributed by atoms with Crippen LogP contribution in [0.15, 0.2) is 42.5 Å². The van der Waals surface area contributed by atoms with Gasteiger partial charge in [-0.3, -0.25) is 0 Å². The van der Waals surface area contributed by atoms with E-state index in [4.69, 9.17) is 10.5 Å². The number of ether oxygens (including phenoxy) is 1. The Balaban J connectivity index is 2.20. The normalized spacial score (nSPS) is 13.0. The number of hydrogen-bond acceptors (Lipinski definition) is 2. The molecule has 0 saturated heterocycles. The van der Waals surface area contributed by atoms with Crippen molar-refractivity contribution in [1.82, 2.24) is 0 Å².